The van der Waals surface area contributed by atoms with E-state index in [1.165, 1.54) is 5.69 Å². The Morgan fingerprint density at radius 3 is 3.05 bits per heavy atom. The Morgan fingerprint density at radius 1 is 1.52 bits per heavy atom. The lowest BCUT2D eigenvalue weighted by atomic mass is 10.3. The van der Waals surface area contributed by atoms with Crippen molar-refractivity contribution in [3.05, 3.63) is 28.7 Å². The summed E-state index contributed by atoms with van der Waals surface area (Å²) in [6.07, 6.45) is 6.35. The van der Waals surface area contributed by atoms with Gasteiger partial charge in [-0.05, 0) is 41.4 Å². The van der Waals surface area contributed by atoms with Gasteiger partial charge in [0.2, 0.25) is 0 Å². The van der Waals surface area contributed by atoms with Gasteiger partial charge >= 0.3 is 0 Å². The van der Waals surface area contributed by atoms with Crippen LogP contribution in [-0.2, 0) is 0 Å². The third-order valence-electron chi connectivity index (χ3n) is 3.39. The molecule has 2 N–H and O–H groups in total. The van der Waals surface area contributed by atoms with Crippen molar-refractivity contribution in [2.75, 3.05) is 31.1 Å². The first-order valence-electron chi connectivity index (χ1n) is 7.22. The Hall–Kier alpha value is -1.67. The maximum Gasteiger partial charge on any atom is 0.192 e. The van der Waals surface area contributed by atoms with Gasteiger partial charge in [-0.15, -0.1) is 6.42 Å². The van der Waals surface area contributed by atoms with Crippen molar-refractivity contribution in [2.24, 2.45) is 4.99 Å². The van der Waals surface area contributed by atoms with Gasteiger partial charge in [-0.2, -0.15) is 0 Å². The number of para-hydroxylation sites is 1. The zero-order valence-electron chi connectivity index (χ0n) is 12.3. The van der Waals surface area contributed by atoms with E-state index in [2.05, 4.69) is 67.5 Å². The van der Waals surface area contributed by atoms with Crippen LogP contribution in [0.2, 0.25) is 0 Å². The van der Waals surface area contributed by atoms with E-state index < -0.39 is 0 Å². The molecule has 1 aromatic carbocycles. The summed E-state index contributed by atoms with van der Waals surface area (Å²) in [4.78, 5) is 6.72. The third-order valence-corrected chi connectivity index (χ3v) is 4.07. The van der Waals surface area contributed by atoms with E-state index in [4.69, 9.17) is 6.42 Å². The second-order valence-corrected chi connectivity index (χ2v) is 5.78. The van der Waals surface area contributed by atoms with Crippen LogP contribution in [0.25, 0.3) is 0 Å². The largest absolute Gasteiger partial charge is 0.368 e. The fraction of sp³-hybridized carbons (Fsp3) is 0.438. The summed E-state index contributed by atoms with van der Waals surface area (Å²) in [6.45, 7) is 5.28. The van der Waals surface area contributed by atoms with E-state index in [-0.39, 0.29) is 0 Å². The van der Waals surface area contributed by atoms with E-state index in [0.29, 0.717) is 12.6 Å². The molecule has 1 aromatic rings. The SMILES string of the molecule is C#CCN=C(NCC)NC1CCN(c2ccccc2Br)C1. The van der Waals surface area contributed by atoms with Gasteiger partial charge in [-0.25, -0.2) is 4.99 Å². The molecule has 0 aliphatic carbocycles. The molecule has 1 fully saturated rings. The molecule has 1 aliphatic heterocycles. The van der Waals surface area contributed by atoms with Gasteiger partial charge in [0.25, 0.3) is 0 Å². The Kier molecular flexibility index (Phi) is 5.94. The molecule has 0 bridgehead atoms. The number of hydrogen-bond acceptors (Lipinski definition) is 2. The number of halogens is 1. The van der Waals surface area contributed by atoms with Crippen molar-refractivity contribution in [3.8, 4) is 12.3 Å². The molecule has 4 nitrogen and oxygen atoms in total. The highest BCUT2D eigenvalue weighted by molar-refractivity contribution is 9.10. The lowest BCUT2D eigenvalue weighted by Crippen LogP contribution is -2.44. The lowest BCUT2D eigenvalue weighted by Gasteiger charge is -2.21. The summed E-state index contributed by atoms with van der Waals surface area (Å²) >= 11 is 3.62. The van der Waals surface area contributed by atoms with Gasteiger partial charge in [-0.1, -0.05) is 18.1 Å². The summed E-state index contributed by atoms with van der Waals surface area (Å²) in [5.74, 6) is 3.34. The van der Waals surface area contributed by atoms with E-state index in [1.54, 1.807) is 0 Å². The normalized spacial score (nSPS) is 18.4. The van der Waals surface area contributed by atoms with Gasteiger partial charge in [0, 0.05) is 30.1 Å². The number of benzene rings is 1. The number of aliphatic imine (C=N–C) groups is 1. The molecule has 5 heteroatoms. The van der Waals surface area contributed by atoms with Crippen LogP contribution in [0.15, 0.2) is 33.7 Å². The average molecular weight is 349 g/mol. The maximum atomic E-state index is 5.27. The molecule has 0 radical (unpaired) electrons. The molecule has 0 aromatic heterocycles. The van der Waals surface area contributed by atoms with Crippen LogP contribution in [0.1, 0.15) is 13.3 Å². The minimum Gasteiger partial charge on any atom is -0.368 e. The van der Waals surface area contributed by atoms with Crippen LogP contribution < -0.4 is 15.5 Å². The summed E-state index contributed by atoms with van der Waals surface area (Å²) < 4.78 is 1.14. The zero-order chi connectivity index (χ0) is 15.1. The first kappa shape index (κ1) is 15.7. The minimum absolute atomic E-state index is 0.382. The van der Waals surface area contributed by atoms with Crippen LogP contribution in [0.4, 0.5) is 5.69 Å². The molecule has 21 heavy (non-hydrogen) atoms. The van der Waals surface area contributed by atoms with Gasteiger partial charge < -0.3 is 15.5 Å². The maximum absolute atomic E-state index is 5.27. The van der Waals surface area contributed by atoms with Crippen molar-refractivity contribution in [1.82, 2.24) is 10.6 Å². The molecule has 0 amide bonds. The molecule has 2 rings (SSSR count). The smallest absolute Gasteiger partial charge is 0.192 e. The van der Waals surface area contributed by atoms with Gasteiger partial charge in [0.15, 0.2) is 5.96 Å². The second kappa shape index (κ2) is 7.94. The van der Waals surface area contributed by atoms with E-state index in [0.717, 1.165) is 36.5 Å². The van der Waals surface area contributed by atoms with E-state index in [1.807, 2.05) is 6.07 Å². The highest BCUT2D eigenvalue weighted by Gasteiger charge is 2.24. The summed E-state index contributed by atoms with van der Waals surface area (Å²) in [5, 5.41) is 6.68. The van der Waals surface area contributed by atoms with Crippen molar-refractivity contribution in [3.63, 3.8) is 0 Å². The fourth-order valence-electron chi connectivity index (χ4n) is 2.44. The Balaban J connectivity index is 1.96. The number of anilines is 1. The van der Waals surface area contributed by atoms with Crippen LogP contribution in [0, 0.1) is 12.3 Å². The molecule has 0 spiro atoms. The van der Waals surface area contributed by atoms with Gasteiger partial charge in [0.05, 0.1) is 5.69 Å². The molecule has 1 atom stereocenters. The monoisotopic (exact) mass is 348 g/mol. The van der Waals surface area contributed by atoms with Gasteiger partial charge in [-0.3, -0.25) is 0 Å². The Labute approximate surface area is 135 Å². The highest BCUT2D eigenvalue weighted by Crippen LogP contribution is 2.28. The van der Waals surface area contributed by atoms with Crippen molar-refractivity contribution in [2.45, 2.75) is 19.4 Å². The molecule has 0 saturated carbocycles. The van der Waals surface area contributed by atoms with Crippen molar-refractivity contribution < 1.29 is 0 Å². The van der Waals surface area contributed by atoms with Crippen LogP contribution in [-0.4, -0.2) is 38.2 Å². The molecule has 112 valence electrons. The molecular formula is C16H21BrN4. The first-order valence-corrected chi connectivity index (χ1v) is 8.01. The summed E-state index contributed by atoms with van der Waals surface area (Å²) in [7, 11) is 0. The van der Waals surface area contributed by atoms with Crippen LogP contribution in [0.3, 0.4) is 0 Å². The molecule has 1 heterocycles. The molecular weight excluding hydrogens is 328 g/mol. The number of terminal acetylenes is 1. The van der Waals surface area contributed by atoms with Crippen molar-refractivity contribution in [1.29, 1.82) is 0 Å². The number of nitrogens with one attached hydrogen (secondary N) is 2. The second-order valence-electron chi connectivity index (χ2n) is 4.93. The number of nitrogens with zero attached hydrogens (tertiary/aromatic N) is 2. The molecule has 1 unspecified atom stereocenters. The zero-order valence-corrected chi connectivity index (χ0v) is 13.9. The number of guanidine groups is 1. The third kappa shape index (κ3) is 4.40. The van der Waals surface area contributed by atoms with Gasteiger partial charge in [0.1, 0.15) is 6.54 Å². The van der Waals surface area contributed by atoms with Crippen molar-refractivity contribution >= 4 is 27.6 Å². The number of hydrogen-bond donors (Lipinski definition) is 2. The quantitative estimate of drug-likeness (QED) is 0.498. The lowest BCUT2D eigenvalue weighted by molar-refractivity contribution is 0.651. The Morgan fingerprint density at radius 2 is 2.33 bits per heavy atom. The van der Waals surface area contributed by atoms with E-state index >= 15 is 0 Å². The molecule has 1 aliphatic rings. The Bertz CT molecular complexity index is 535. The fourth-order valence-corrected chi connectivity index (χ4v) is 2.98. The first-order chi connectivity index (χ1) is 10.2. The van der Waals surface area contributed by atoms with Crippen LogP contribution in [0.5, 0.6) is 0 Å². The highest BCUT2D eigenvalue weighted by atomic mass is 79.9. The predicted octanol–water partition coefficient (Wildman–Crippen LogP) is 2.22. The van der Waals surface area contributed by atoms with Crippen LogP contribution >= 0.6 is 15.9 Å². The average Bonchev–Trinajstić information content (AvgIpc) is 2.94. The standard InChI is InChI=1S/C16H21BrN4/c1-3-10-19-16(18-4-2)20-13-9-11-21(12-13)15-8-6-5-7-14(15)17/h1,5-8,13H,4,9-12H2,2H3,(H2,18,19,20). The summed E-state index contributed by atoms with van der Waals surface area (Å²) in [6, 6.07) is 8.71. The predicted molar refractivity (Wildman–Crippen MR) is 92.7 cm³/mol. The molecule has 1 saturated heterocycles. The summed E-state index contributed by atoms with van der Waals surface area (Å²) in [5.41, 5.74) is 1.24. The van der Waals surface area contributed by atoms with E-state index in [9.17, 15) is 0 Å². The number of rotatable bonds is 4. The minimum atomic E-state index is 0.382. The topological polar surface area (TPSA) is 39.7 Å².